The third-order valence-corrected chi connectivity index (χ3v) is 5.97. The highest BCUT2D eigenvalue weighted by Gasteiger charge is 2.20. The summed E-state index contributed by atoms with van der Waals surface area (Å²) in [6, 6.07) is 26.4. The van der Waals surface area contributed by atoms with Gasteiger partial charge in [-0.05, 0) is 60.2 Å². The van der Waals surface area contributed by atoms with Gasteiger partial charge in [0, 0.05) is 26.1 Å². The molecule has 33 heavy (non-hydrogen) atoms. The quantitative estimate of drug-likeness (QED) is 0.457. The van der Waals surface area contributed by atoms with Gasteiger partial charge in [0.15, 0.2) is 0 Å². The zero-order chi connectivity index (χ0) is 22.9. The van der Waals surface area contributed by atoms with Crippen LogP contribution in [0.3, 0.4) is 0 Å². The SMILES string of the molecule is O=C(O)CCc1ccc(OCc2ccc(CN3CCC(Oc4ccccc4)CC3)cc2)cc1. The zero-order valence-electron chi connectivity index (χ0n) is 18.9. The van der Waals surface area contributed by atoms with Crippen LogP contribution >= 0.6 is 0 Å². The average molecular weight is 446 g/mol. The lowest BCUT2D eigenvalue weighted by molar-refractivity contribution is -0.136. The van der Waals surface area contributed by atoms with Crippen molar-refractivity contribution in [3.63, 3.8) is 0 Å². The summed E-state index contributed by atoms with van der Waals surface area (Å²) in [6.07, 6.45) is 3.08. The van der Waals surface area contributed by atoms with E-state index in [0.717, 1.165) is 55.1 Å². The number of benzene rings is 3. The fraction of sp³-hybridized carbons (Fsp3) is 0.321. The Morgan fingerprint density at radius 2 is 1.45 bits per heavy atom. The lowest BCUT2D eigenvalue weighted by Gasteiger charge is -2.32. The normalized spacial score (nSPS) is 14.7. The van der Waals surface area contributed by atoms with Gasteiger partial charge in [-0.15, -0.1) is 0 Å². The number of carboxylic acid groups (broad SMARTS) is 1. The Labute approximate surface area is 195 Å². The topological polar surface area (TPSA) is 59.0 Å². The van der Waals surface area contributed by atoms with Gasteiger partial charge in [-0.25, -0.2) is 0 Å². The molecule has 0 saturated carbocycles. The molecule has 0 radical (unpaired) electrons. The number of piperidine rings is 1. The molecule has 0 atom stereocenters. The van der Waals surface area contributed by atoms with Gasteiger partial charge >= 0.3 is 5.97 Å². The van der Waals surface area contributed by atoms with E-state index in [-0.39, 0.29) is 6.42 Å². The van der Waals surface area contributed by atoms with Crippen molar-refractivity contribution < 1.29 is 19.4 Å². The number of carbonyl (C=O) groups is 1. The van der Waals surface area contributed by atoms with E-state index in [1.165, 1.54) is 5.56 Å². The fourth-order valence-electron chi connectivity index (χ4n) is 4.05. The Hall–Kier alpha value is -3.31. The molecule has 0 aromatic heterocycles. The standard InChI is InChI=1S/C28H31NO4/c30-28(31)15-12-22-10-13-25(14-11-22)32-21-24-8-6-23(7-9-24)20-29-18-16-27(17-19-29)33-26-4-2-1-3-5-26/h1-11,13-14,27H,12,15-21H2,(H,30,31). The predicted molar refractivity (Wildman–Crippen MR) is 129 cm³/mol. The van der Waals surface area contributed by atoms with E-state index < -0.39 is 5.97 Å². The summed E-state index contributed by atoms with van der Waals surface area (Å²) in [5.74, 6) is 0.974. The van der Waals surface area contributed by atoms with Crippen molar-refractivity contribution in [2.75, 3.05) is 13.1 Å². The third-order valence-electron chi connectivity index (χ3n) is 5.97. The second-order valence-corrected chi connectivity index (χ2v) is 8.55. The molecule has 0 aliphatic carbocycles. The van der Waals surface area contributed by atoms with E-state index in [1.54, 1.807) is 0 Å². The van der Waals surface area contributed by atoms with Gasteiger partial charge in [0.1, 0.15) is 24.2 Å². The van der Waals surface area contributed by atoms with Crippen molar-refractivity contribution in [1.29, 1.82) is 0 Å². The van der Waals surface area contributed by atoms with E-state index in [9.17, 15) is 4.79 Å². The first-order valence-electron chi connectivity index (χ1n) is 11.6. The number of para-hydroxylation sites is 1. The number of hydrogen-bond acceptors (Lipinski definition) is 4. The van der Waals surface area contributed by atoms with Crippen LogP contribution in [0, 0.1) is 0 Å². The Morgan fingerprint density at radius 1 is 0.818 bits per heavy atom. The number of carboxylic acids is 1. The van der Waals surface area contributed by atoms with Crippen LogP contribution in [0.15, 0.2) is 78.9 Å². The van der Waals surface area contributed by atoms with Gasteiger partial charge in [-0.1, -0.05) is 54.6 Å². The number of nitrogens with zero attached hydrogens (tertiary/aromatic N) is 1. The van der Waals surface area contributed by atoms with Crippen LogP contribution in [0.5, 0.6) is 11.5 Å². The maximum atomic E-state index is 10.7. The molecule has 1 aliphatic heterocycles. The summed E-state index contributed by atoms with van der Waals surface area (Å²) in [5.41, 5.74) is 3.44. The Morgan fingerprint density at radius 3 is 2.12 bits per heavy atom. The molecular weight excluding hydrogens is 414 g/mol. The highest BCUT2D eigenvalue weighted by Crippen LogP contribution is 2.20. The van der Waals surface area contributed by atoms with Crippen molar-refractivity contribution in [1.82, 2.24) is 4.90 Å². The van der Waals surface area contributed by atoms with Gasteiger partial charge in [-0.3, -0.25) is 9.69 Å². The largest absolute Gasteiger partial charge is 0.490 e. The second-order valence-electron chi connectivity index (χ2n) is 8.55. The van der Waals surface area contributed by atoms with Crippen molar-refractivity contribution >= 4 is 5.97 Å². The molecule has 3 aromatic rings. The van der Waals surface area contributed by atoms with Crippen LogP contribution in [-0.2, 0) is 24.4 Å². The molecule has 1 saturated heterocycles. The van der Waals surface area contributed by atoms with Crippen molar-refractivity contribution in [3.8, 4) is 11.5 Å². The highest BCUT2D eigenvalue weighted by atomic mass is 16.5. The summed E-state index contributed by atoms with van der Waals surface area (Å²) < 4.78 is 12.0. The van der Waals surface area contributed by atoms with Gasteiger partial charge in [-0.2, -0.15) is 0 Å². The molecule has 5 nitrogen and oxygen atoms in total. The first-order chi connectivity index (χ1) is 16.1. The summed E-state index contributed by atoms with van der Waals surface area (Å²) in [7, 11) is 0. The van der Waals surface area contributed by atoms with E-state index in [0.29, 0.717) is 19.1 Å². The van der Waals surface area contributed by atoms with Crippen LogP contribution in [0.2, 0.25) is 0 Å². The average Bonchev–Trinajstić information content (AvgIpc) is 2.85. The fourth-order valence-corrected chi connectivity index (χ4v) is 4.05. The number of likely N-dealkylation sites (tertiary alicyclic amines) is 1. The molecule has 3 aromatic carbocycles. The van der Waals surface area contributed by atoms with Crippen LogP contribution in [0.25, 0.3) is 0 Å². The predicted octanol–water partition coefficient (Wildman–Crippen LogP) is 5.33. The van der Waals surface area contributed by atoms with Crippen LogP contribution in [0.1, 0.15) is 36.0 Å². The maximum Gasteiger partial charge on any atom is 0.303 e. The van der Waals surface area contributed by atoms with Gasteiger partial charge in [0.05, 0.1) is 0 Å². The summed E-state index contributed by atoms with van der Waals surface area (Å²) in [5, 5.41) is 8.78. The molecule has 0 spiro atoms. The summed E-state index contributed by atoms with van der Waals surface area (Å²) in [6.45, 7) is 3.56. The monoisotopic (exact) mass is 445 g/mol. The molecule has 0 bridgehead atoms. The van der Waals surface area contributed by atoms with Gasteiger partial charge in [0.2, 0.25) is 0 Å². The number of hydrogen-bond donors (Lipinski definition) is 1. The Kier molecular flexibility index (Phi) is 7.99. The first-order valence-corrected chi connectivity index (χ1v) is 11.6. The molecular formula is C28H31NO4. The molecule has 1 N–H and O–H groups in total. The number of rotatable bonds is 10. The van der Waals surface area contributed by atoms with E-state index in [1.807, 2.05) is 54.6 Å². The molecule has 0 unspecified atom stereocenters. The van der Waals surface area contributed by atoms with E-state index in [2.05, 4.69) is 29.2 Å². The lowest BCUT2D eigenvalue weighted by atomic mass is 10.1. The Balaban J connectivity index is 1.18. The Bertz CT molecular complexity index is 994. The van der Waals surface area contributed by atoms with E-state index in [4.69, 9.17) is 14.6 Å². The summed E-state index contributed by atoms with van der Waals surface area (Å²) >= 11 is 0. The number of ether oxygens (including phenoxy) is 2. The van der Waals surface area contributed by atoms with Crippen molar-refractivity contribution in [2.45, 2.75) is 44.9 Å². The van der Waals surface area contributed by atoms with Crippen LogP contribution < -0.4 is 9.47 Å². The second kappa shape index (κ2) is 11.5. The van der Waals surface area contributed by atoms with Crippen LogP contribution in [-0.4, -0.2) is 35.2 Å². The van der Waals surface area contributed by atoms with Crippen molar-refractivity contribution in [3.05, 3.63) is 95.6 Å². The van der Waals surface area contributed by atoms with Gasteiger partial charge in [0.25, 0.3) is 0 Å². The molecule has 1 aliphatic rings. The van der Waals surface area contributed by atoms with Gasteiger partial charge < -0.3 is 14.6 Å². The minimum Gasteiger partial charge on any atom is -0.490 e. The third kappa shape index (κ3) is 7.36. The zero-order valence-corrected chi connectivity index (χ0v) is 18.9. The molecule has 1 heterocycles. The minimum atomic E-state index is -0.777. The van der Waals surface area contributed by atoms with Crippen molar-refractivity contribution in [2.24, 2.45) is 0 Å². The maximum absolute atomic E-state index is 10.7. The molecule has 5 heteroatoms. The first kappa shape index (κ1) is 22.9. The molecule has 172 valence electrons. The molecule has 1 fully saturated rings. The number of aryl methyl sites for hydroxylation is 1. The smallest absolute Gasteiger partial charge is 0.303 e. The van der Waals surface area contributed by atoms with E-state index >= 15 is 0 Å². The lowest BCUT2D eigenvalue weighted by Crippen LogP contribution is -2.37. The molecule has 0 amide bonds. The number of aliphatic carboxylic acids is 1. The summed E-state index contributed by atoms with van der Waals surface area (Å²) in [4.78, 5) is 13.2. The van der Waals surface area contributed by atoms with Crippen LogP contribution in [0.4, 0.5) is 0 Å². The highest BCUT2D eigenvalue weighted by molar-refractivity contribution is 5.67. The molecule has 4 rings (SSSR count). The minimum absolute atomic E-state index is 0.145.